The number of nitrogens with one attached hydrogen (secondary N) is 1. The molecule has 3 rings (SSSR count). The number of hydrogen-bond acceptors (Lipinski definition) is 3. The predicted molar refractivity (Wildman–Crippen MR) is 139 cm³/mol. The largest absolute Gasteiger partial charge is 0.352 e. The van der Waals surface area contributed by atoms with Crippen LogP contribution in [-0.2, 0) is 22.6 Å². The normalized spacial score (nSPS) is 11.8. The topological polar surface area (TPSA) is 49.4 Å². The van der Waals surface area contributed by atoms with Gasteiger partial charge in [-0.15, -0.1) is 11.8 Å². The molecule has 33 heavy (non-hydrogen) atoms. The second-order valence-corrected chi connectivity index (χ2v) is 10.1. The lowest BCUT2D eigenvalue weighted by molar-refractivity contribution is -0.139. The van der Waals surface area contributed by atoms with E-state index in [1.807, 2.05) is 98.8 Å². The van der Waals surface area contributed by atoms with Gasteiger partial charge in [0.1, 0.15) is 6.04 Å². The summed E-state index contributed by atoms with van der Waals surface area (Å²) in [5.74, 6) is 0.0590. The van der Waals surface area contributed by atoms with Crippen molar-refractivity contribution in [1.29, 1.82) is 0 Å². The Bertz CT molecular complexity index is 1040. The summed E-state index contributed by atoms with van der Waals surface area (Å²) in [6, 6.07) is 27.0. The van der Waals surface area contributed by atoms with Gasteiger partial charge in [-0.2, -0.15) is 0 Å². The predicted octanol–water partition coefficient (Wildman–Crippen LogP) is 5.71. The van der Waals surface area contributed by atoms with E-state index in [2.05, 4.69) is 21.2 Å². The molecular weight excluding hydrogens is 496 g/mol. The van der Waals surface area contributed by atoms with E-state index in [0.717, 1.165) is 20.5 Å². The molecule has 1 atom stereocenters. The first-order chi connectivity index (χ1) is 15.9. The lowest BCUT2D eigenvalue weighted by Crippen LogP contribution is -2.52. The van der Waals surface area contributed by atoms with E-state index in [1.165, 1.54) is 11.8 Å². The van der Waals surface area contributed by atoms with Crippen LogP contribution in [0.2, 0.25) is 0 Å². The fourth-order valence-electron chi connectivity index (χ4n) is 3.51. The molecule has 2 amide bonds. The third-order valence-corrected chi connectivity index (χ3v) is 6.54. The Hall–Kier alpha value is -2.57. The molecule has 3 aromatic rings. The molecule has 0 spiro atoms. The van der Waals surface area contributed by atoms with Crippen molar-refractivity contribution in [2.45, 2.75) is 43.8 Å². The smallest absolute Gasteiger partial charge is 0.243 e. The monoisotopic (exact) mass is 524 g/mol. The van der Waals surface area contributed by atoms with Crippen LogP contribution in [0.5, 0.6) is 0 Å². The van der Waals surface area contributed by atoms with E-state index in [-0.39, 0.29) is 23.6 Å². The lowest BCUT2D eigenvalue weighted by Gasteiger charge is -2.32. The number of thioether (sulfide) groups is 1. The van der Waals surface area contributed by atoms with Crippen molar-refractivity contribution in [3.05, 3.63) is 101 Å². The number of nitrogens with zero attached hydrogens (tertiary/aromatic N) is 1. The van der Waals surface area contributed by atoms with E-state index in [4.69, 9.17) is 0 Å². The summed E-state index contributed by atoms with van der Waals surface area (Å²) >= 11 is 5.00. The van der Waals surface area contributed by atoms with Crippen molar-refractivity contribution >= 4 is 39.5 Å². The number of carbonyl (C=O) groups excluding carboxylic acids is 2. The zero-order chi connectivity index (χ0) is 23.6. The molecule has 0 aromatic heterocycles. The van der Waals surface area contributed by atoms with Gasteiger partial charge in [0.15, 0.2) is 0 Å². The standard InChI is InChI=1S/C27H29BrN2O2S/c1-20(2)29-27(32)25(17-21-10-5-3-6-11-21)30(18-22-12-9-13-23(28)16-22)26(31)19-33-24-14-7-4-8-15-24/h3-16,20,25H,17-19H2,1-2H3,(H,29,32)/t25-/m1/s1. The van der Waals surface area contributed by atoms with Gasteiger partial charge in [0.05, 0.1) is 5.75 Å². The third-order valence-electron chi connectivity index (χ3n) is 5.05. The van der Waals surface area contributed by atoms with E-state index in [1.54, 1.807) is 4.90 Å². The highest BCUT2D eigenvalue weighted by Gasteiger charge is 2.30. The van der Waals surface area contributed by atoms with Gasteiger partial charge in [0.2, 0.25) is 11.8 Å². The van der Waals surface area contributed by atoms with Crippen molar-refractivity contribution in [1.82, 2.24) is 10.2 Å². The van der Waals surface area contributed by atoms with Gasteiger partial charge < -0.3 is 10.2 Å². The van der Waals surface area contributed by atoms with Crippen molar-refractivity contribution in [3.8, 4) is 0 Å². The van der Waals surface area contributed by atoms with E-state index in [9.17, 15) is 9.59 Å². The number of carbonyl (C=O) groups is 2. The molecule has 0 aliphatic carbocycles. The second kappa shape index (κ2) is 12.6. The van der Waals surface area contributed by atoms with Gasteiger partial charge in [-0.3, -0.25) is 9.59 Å². The van der Waals surface area contributed by atoms with Gasteiger partial charge in [0, 0.05) is 28.4 Å². The Morgan fingerprint density at radius 2 is 1.55 bits per heavy atom. The lowest BCUT2D eigenvalue weighted by atomic mass is 10.0. The van der Waals surface area contributed by atoms with Crippen LogP contribution < -0.4 is 5.32 Å². The molecule has 0 aliphatic rings. The van der Waals surface area contributed by atoms with Crippen LogP contribution in [0.15, 0.2) is 94.3 Å². The summed E-state index contributed by atoms with van der Waals surface area (Å²) in [6.07, 6.45) is 0.454. The van der Waals surface area contributed by atoms with Crippen LogP contribution in [-0.4, -0.2) is 34.6 Å². The summed E-state index contributed by atoms with van der Waals surface area (Å²) in [4.78, 5) is 29.6. The first kappa shape index (κ1) is 25.1. The van der Waals surface area contributed by atoms with Crippen LogP contribution in [0.1, 0.15) is 25.0 Å². The Kier molecular flexibility index (Phi) is 9.58. The molecule has 0 saturated carbocycles. The molecular formula is C27H29BrN2O2S. The quantitative estimate of drug-likeness (QED) is 0.345. The molecule has 172 valence electrons. The highest BCUT2D eigenvalue weighted by molar-refractivity contribution is 9.10. The number of rotatable bonds is 10. The molecule has 1 N–H and O–H groups in total. The fraction of sp³-hybridized carbons (Fsp3) is 0.259. The molecule has 0 saturated heterocycles. The van der Waals surface area contributed by atoms with Crippen LogP contribution in [0.25, 0.3) is 0 Å². The summed E-state index contributed by atoms with van der Waals surface area (Å²) in [5, 5.41) is 3.02. The minimum Gasteiger partial charge on any atom is -0.352 e. The maximum absolute atomic E-state index is 13.5. The molecule has 0 bridgehead atoms. The Balaban J connectivity index is 1.90. The molecule has 0 unspecified atom stereocenters. The van der Waals surface area contributed by atoms with Crippen LogP contribution >= 0.6 is 27.7 Å². The van der Waals surface area contributed by atoms with E-state index < -0.39 is 6.04 Å². The average Bonchev–Trinajstić information content (AvgIpc) is 2.80. The Labute approximate surface area is 208 Å². The first-order valence-corrected chi connectivity index (χ1v) is 12.8. The summed E-state index contributed by atoms with van der Waals surface area (Å²) in [6.45, 7) is 4.23. The zero-order valence-electron chi connectivity index (χ0n) is 18.9. The van der Waals surface area contributed by atoms with E-state index in [0.29, 0.717) is 13.0 Å². The van der Waals surface area contributed by atoms with E-state index >= 15 is 0 Å². The fourth-order valence-corrected chi connectivity index (χ4v) is 4.76. The Morgan fingerprint density at radius 3 is 2.18 bits per heavy atom. The van der Waals surface area contributed by atoms with Crippen molar-refractivity contribution in [2.24, 2.45) is 0 Å². The zero-order valence-corrected chi connectivity index (χ0v) is 21.3. The summed E-state index contributed by atoms with van der Waals surface area (Å²) in [5.41, 5.74) is 1.99. The minimum absolute atomic E-state index is 0.0164. The van der Waals surface area contributed by atoms with Gasteiger partial charge in [-0.05, 0) is 49.2 Å². The molecule has 6 heteroatoms. The molecule has 3 aromatic carbocycles. The molecule has 0 aliphatic heterocycles. The molecule has 4 nitrogen and oxygen atoms in total. The maximum Gasteiger partial charge on any atom is 0.243 e. The van der Waals surface area contributed by atoms with Crippen LogP contribution in [0.3, 0.4) is 0 Å². The maximum atomic E-state index is 13.5. The van der Waals surface area contributed by atoms with Gasteiger partial charge in [0.25, 0.3) is 0 Å². The molecule has 0 heterocycles. The second-order valence-electron chi connectivity index (χ2n) is 8.12. The number of hydrogen-bond donors (Lipinski definition) is 1. The van der Waals surface area contributed by atoms with Crippen molar-refractivity contribution in [3.63, 3.8) is 0 Å². The van der Waals surface area contributed by atoms with Gasteiger partial charge in [-0.25, -0.2) is 0 Å². The first-order valence-electron chi connectivity index (χ1n) is 11.0. The Morgan fingerprint density at radius 1 is 0.909 bits per heavy atom. The number of amides is 2. The van der Waals surface area contributed by atoms with Gasteiger partial charge in [-0.1, -0.05) is 76.6 Å². The van der Waals surface area contributed by atoms with Gasteiger partial charge >= 0.3 is 0 Å². The van der Waals surface area contributed by atoms with Crippen LogP contribution in [0, 0.1) is 0 Å². The highest BCUT2D eigenvalue weighted by atomic mass is 79.9. The average molecular weight is 526 g/mol. The van der Waals surface area contributed by atoms with Crippen molar-refractivity contribution in [2.75, 3.05) is 5.75 Å². The summed E-state index contributed by atoms with van der Waals surface area (Å²) < 4.78 is 0.942. The summed E-state index contributed by atoms with van der Waals surface area (Å²) in [7, 11) is 0. The number of halogens is 1. The number of benzene rings is 3. The SMILES string of the molecule is CC(C)NC(=O)[C@@H](Cc1ccccc1)N(Cc1cccc(Br)c1)C(=O)CSc1ccccc1. The third kappa shape index (κ3) is 8.06. The molecule has 0 radical (unpaired) electrons. The van der Waals surface area contributed by atoms with Crippen molar-refractivity contribution < 1.29 is 9.59 Å². The molecule has 0 fully saturated rings. The highest BCUT2D eigenvalue weighted by Crippen LogP contribution is 2.22. The van der Waals surface area contributed by atoms with Crippen LogP contribution in [0.4, 0.5) is 0 Å². The minimum atomic E-state index is -0.613.